The van der Waals surface area contributed by atoms with Crippen molar-refractivity contribution >= 4 is 23.2 Å². The molecule has 2 heterocycles. The number of nitrogens with zero attached hydrogens (tertiary/aromatic N) is 1. The van der Waals surface area contributed by atoms with Crippen molar-refractivity contribution in [2.45, 2.75) is 32.8 Å². The van der Waals surface area contributed by atoms with Gasteiger partial charge in [-0.2, -0.15) is 0 Å². The van der Waals surface area contributed by atoms with Crippen molar-refractivity contribution in [2.75, 3.05) is 26.7 Å². The lowest BCUT2D eigenvalue weighted by Gasteiger charge is -2.31. The van der Waals surface area contributed by atoms with Gasteiger partial charge >= 0.3 is 0 Å². The monoisotopic (exact) mass is 310 g/mol. The number of nitrogens with one attached hydrogen (secondary N) is 1. The summed E-state index contributed by atoms with van der Waals surface area (Å²) in [5, 5.41) is 2.56. The Morgan fingerprint density at radius 2 is 2.29 bits per heavy atom. The molecule has 116 valence electrons. The highest BCUT2D eigenvalue weighted by Crippen LogP contribution is 2.24. The van der Waals surface area contributed by atoms with E-state index in [1.165, 1.54) is 21.8 Å². The summed E-state index contributed by atoms with van der Waals surface area (Å²) in [6.07, 6.45) is 1.50. The predicted molar refractivity (Wildman–Crippen MR) is 82.8 cm³/mol. The molecule has 1 fully saturated rings. The lowest BCUT2D eigenvalue weighted by Crippen LogP contribution is -2.50. The molecule has 6 heteroatoms. The van der Waals surface area contributed by atoms with E-state index < -0.39 is 6.10 Å². The van der Waals surface area contributed by atoms with Gasteiger partial charge in [0.25, 0.3) is 11.8 Å². The Bertz CT molecular complexity index is 527. The number of thiophene rings is 1. The summed E-state index contributed by atoms with van der Waals surface area (Å²) in [6.45, 7) is 5.44. The van der Waals surface area contributed by atoms with Gasteiger partial charge in [-0.15, -0.1) is 11.3 Å². The maximum atomic E-state index is 12.6. The molecule has 0 aromatic carbocycles. The number of rotatable bonds is 4. The normalized spacial score (nSPS) is 18.6. The number of ether oxygens (including phenoxy) is 1. The van der Waals surface area contributed by atoms with Crippen LogP contribution in [0.1, 0.15) is 33.5 Å². The predicted octanol–water partition coefficient (Wildman–Crippen LogP) is 1.60. The summed E-state index contributed by atoms with van der Waals surface area (Å²) in [7, 11) is 1.58. The average Bonchev–Trinajstić information content (AvgIpc) is 2.87. The maximum absolute atomic E-state index is 12.6. The van der Waals surface area contributed by atoms with E-state index >= 15 is 0 Å². The minimum absolute atomic E-state index is 0.00246. The fourth-order valence-corrected chi connectivity index (χ4v) is 3.49. The molecule has 2 amide bonds. The van der Waals surface area contributed by atoms with Crippen LogP contribution >= 0.6 is 11.3 Å². The first-order chi connectivity index (χ1) is 10.1. The number of carbonyl (C=O) groups excluding carboxylic acids is 2. The Hall–Kier alpha value is -1.40. The third-order valence-corrected chi connectivity index (χ3v) is 4.72. The maximum Gasteiger partial charge on any atom is 0.264 e. The van der Waals surface area contributed by atoms with Crippen molar-refractivity contribution in [2.24, 2.45) is 0 Å². The Morgan fingerprint density at radius 1 is 1.52 bits per heavy atom. The molecule has 1 aliphatic rings. The summed E-state index contributed by atoms with van der Waals surface area (Å²) in [6, 6.07) is 2.00. The number of likely N-dealkylation sites (N-methyl/N-ethyl adjacent to an activating group) is 1. The minimum atomic E-state index is -0.566. The fraction of sp³-hybridized carbons (Fsp3) is 0.600. The van der Waals surface area contributed by atoms with Crippen molar-refractivity contribution in [1.29, 1.82) is 0 Å². The zero-order chi connectivity index (χ0) is 15.4. The van der Waals surface area contributed by atoms with Crippen molar-refractivity contribution < 1.29 is 14.3 Å². The molecule has 5 nitrogen and oxygen atoms in total. The number of morpholine rings is 1. The first-order valence-electron chi connectivity index (χ1n) is 7.28. The van der Waals surface area contributed by atoms with E-state index in [4.69, 9.17) is 4.74 Å². The number of aryl methyl sites for hydroxylation is 2. The van der Waals surface area contributed by atoms with Crippen LogP contribution in [0.3, 0.4) is 0 Å². The lowest BCUT2D eigenvalue weighted by atomic mass is 10.1. The molecule has 0 radical (unpaired) electrons. The van der Waals surface area contributed by atoms with Crippen LogP contribution in [0.5, 0.6) is 0 Å². The molecular formula is C15H22N2O3S. The van der Waals surface area contributed by atoms with Gasteiger partial charge in [-0.25, -0.2) is 0 Å². The highest BCUT2D eigenvalue weighted by atomic mass is 32.1. The Morgan fingerprint density at radius 3 is 2.95 bits per heavy atom. The average molecular weight is 310 g/mol. The van der Waals surface area contributed by atoms with E-state index in [9.17, 15) is 9.59 Å². The Labute approximate surface area is 129 Å². The van der Waals surface area contributed by atoms with Gasteiger partial charge < -0.3 is 15.0 Å². The molecule has 1 unspecified atom stereocenters. The van der Waals surface area contributed by atoms with Gasteiger partial charge in [0.05, 0.1) is 18.0 Å². The second-order valence-corrected chi connectivity index (χ2v) is 6.42. The van der Waals surface area contributed by atoms with E-state index in [0.717, 1.165) is 17.7 Å². The first-order valence-corrected chi connectivity index (χ1v) is 8.10. The summed E-state index contributed by atoms with van der Waals surface area (Å²) < 4.78 is 5.41. The molecule has 2 rings (SSSR count). The van der Waals surface area contributed by atoms with Gasteiger partial charge in [-0.1, -0.05) is 13.3 Å². The third kappa shape index (κ3) is 3.63. The minimum Gasteiger partial charge on any atom is -0.365 e. The van der Waals surface area contributed by atoms with Crippen molar-refractivity contribution in [1.82, 2.24) is 10.2 Å². The topological polar surface area (TPSA) is 58.6 Å². The van der Waals surface area contributed by atoms with Gasteiger partial charge in [-0.3, -0.25) is 9.59 Å². The molecule has 1 saturated heterocycles. The van der Waals surface area contributed by atoms with Crippen LogP contribution < -0.4 is 5.32 Å². The van der Waals surface area contributed by atoms with Crippen molar-refractivity contribution in [3.63, 3.8) is 0 Å². The second-order valence-electron chi connectivity index (χ2n) is 5.17. The number of amides is 2. The Balaban J connectivity index is 2.08. The molecule has 0 saturated carbocycles. The van der Waals surface area contributed by atoms with Crippen LogP contribution in [0.15, 0.2) is 6.07 Å². The lowest BCUT2D eigenvalue weighted by molar-refractivity contribution is -0.136. The van der Waals surface area contributed by atoms with E-state index in [0.29, 0.717) is 19.7 Å². The summed E-state index contributed by atoms with van der Waals surface area (Å²) in [5.74, 6) is -0.177. The zero-order valence-electron chi connectivity index (χ0n) is 12.8. The molecule has 1 aliphatic heterocycles. The van der Waals surface area contributed by atoms with Crippen LogP contribution in [0.2, 0.25) is 0 Å². The molecule has 0 spiro atoms. The third-order valence-electron chi connectivity index (χ3n) is 3.64. The summed E-state index contributed by atoms with van der Waals surface area (Å²) >= 11 is 1.54. The van der Waals surface area contributed by atoms with E-state index in [-0.39, 0.29) is 11.8 Å². The van der Waals surface area contributed by atoms with E-state index in [1.54, 1.807) is 11.9 Å². The summed E-state index contributed by atoms with van der Waals surface area (Å²) in [4.78, 5) is 27.9. The highest BCUT2D eigenvalue weighted by Gasteiger charge is 2.29. The first kappa shape index (κ1) is 16.0. The van der Waals surface area contributed by atoms with Gasteiger partial charge in [0.1, 0.15) is 0 Å². The summed E-state index contributed by atoms with van der Waals surface area (Å²) in [5.41, 5.74) is 1.25. The molecule has 1 aromatic heterocycles. The second kappa shape index (κ2) is 7.04. The molecule has 21 heavy (non-hydrogen) atoms. The van der Waals surface area contributed by atoms with Gasteiger partial charge in [0.2, 0.25) is 0 Å². The van der Waals surface area contributed by atoms with Gasteiger partial charge in [-0.05, 0) is 25.0 Å². The molecule has 1 atom stereocenters. The van der Waals surface area contributed by atoms with Gasteiger partial charge in [0, 0.05) is 18.5 Å². The zero-order valence-corrected chi connectivity index (χ0v) is 13.6. The van der Waals surface area contributed by atoms with Gasteiger partial charge in [0.15, 0.2) is 6.10 Å². The van der Waals surface area contributed by atoms with Crippen molar-refractivity contribution in [3.8, 4) is 0 Å². The van der Waals surface area contributed by atoms with E-state index in [2.05, 4.69) is 19.2 Å². The highest BCUT2D eigenvalue weighted by molar-refractivity contribution is 7.14. The van der Waals surface area contributed by atoms with Crippen LogP contribution in [0, 0.1) is 6.92 Å². The van der Waals surface area contributed by atoms with Crippen molar-refractivity contribution in [3.05, 3.63) is 21.4 Å². The molecule has 0 aliphatic carbocycles. The molecule has 1 aromatic rings. The van der Waals surface area contributed by atoms with Crippen LogP contribution in [-0.4, -0.2) is 49.6 Å². The van der Waals surface area contributed by atoms with Crippen LogP contribution in [0.4, 0.5) is 0 Å². The number of hydrogen-bond donors (Lipinski definition) is 1. The quantitative estimate of drug-likeness (QED) is 0.919. The smallest absolute Gasteiger partial charge is 0.264 e. The van der Waals surface area contributed by atoms with E-state index in [1.807, 2.05) is 6.07 Å². The number of carbonyl (C=O) groups is 2. The van der Waals surface area contributed by atoms with Crippen LogP contribution in [-0.2, 0) is 16.0 Å². The SMILES string of the molecule is CCCc1cc(C(=O)N2CCOC(C(=O)NC)C2)sc1C. The molecular weight excluding hydrogens is 288 g/mol. The largest absolute Gasteiger partial charge is 0.365 e. The van der Waals surface area contributed by atoms with Crippen LogP contribution in [0.25, 0.3) is 0 Å². The molecule has 1 N–H and O–H groups in total. The standard InChI is InChI=1S/C15H22N2O3S/c1-4-5-11-8-13(21-10(11)2)15(19)17-6-7-20-12(9-17)14(18)16-3/h8,12H,4-7,9H2,1-3H3,(H,16,18). The molecule has 0 bridgehead atoms. The Kier molecular flexibility index (Phi) is 5.36. The fourth-order valence-electron chi connectivity index (χ4n) is 2.45. The number of hydrogen-bond acceptors (Lipinski definition) is 4.